The van der Waals surface area contributed by atoms with Gasteiger partial charge in [0.2, 0.25) is 5.13 Å². The molecule has 23 heavy (non-hydrogen) atoms. The van der Waals surface area contributed by atoms with E-state index in [-0.39, 0.29) is 5.56 Å². The van der Waals surface area contributed by atoms with Gasteiger partial charge in [-0.25, -0.2) is 0 Å². The smallest absolute Gasteiger partial charge is 0.296 e. The Labute approximate surface area is 135 Å². The molecule has 0 fully saturated rings. The van der Waals surface area contributed by atoms with Crippen molar-refractivity contribution in [3.8, 4) is 0 Å². The van der Waals surface area contributed by atoms with Crippen molar-refractivity contribution >= 4 is 22.4 Å². The number of carbonyl (C=O) groups excluding carboxylic acids is 1. The molecule has 0 saturated heterocycles. The highest BCUT2D eigenvalue weighted by Gasteiger charge is 2.32. The first-order chi connectivity index (χ1) is 10.9. The van der Waals surface area contributed by atoms with Crippen LogP contribution in [0.15, 0.2) is 18.3 Å². The summed E-state index contributed by atoms with van der Waals surface area (Å²) in [6.45, 7) is 2.10. The third kappa shape index (κ3) is 4.98. The summed E-state index contributed by atoms with van der Waals surface area (Å²) in [5.41, 5.74) is -1.01. The minimum atomic E-state index is -4.53. The zero-order chi connectivity index (χ0) is 16.9. The highest BCUT2D eigenvalue weighted by molar-refractivity contribution is 7.15. The number of carbonyl (C=O) groups is 1. The number of amides is 1. The van der Waals surface area contributed by atoms with E-state index in [1.54, 1.807) is 0 Å². The Balaban J connectivity index is 1.96. The largest absolute Gasteiger partial charge is 0.433 e. The van der Waals surface area contributed by atoms with Crippen LogP contribution >= 0.6 is 11.3 Å². The molecule has 0 unspecified atom stereocenters. The maximum absolute atomic E-state index is 12.4. The number of rotatable bonds is 6. The molecule has 2 aromatic rings. The second kappa shape index (κ2) is 7.49. The average molecular weight is 344 g/mol. The minimum absolute atomic E-state index is 0.0285. The van der Waals surface area contributed by atoms with Crippen LogP contribution in [0, 0.1) is 0 Å². The van der Waals surface area contributed by atoms with Gasteiger partial charge in [0.15, 0.2) is 0 Å². The zero-order valence-corrected chi connectivity index (χ0v) is 13.2. The van der Waals surface area contributed by atoms with Crippen LogP contribution in [0.4, 0.5) is 18.3 Å². The summed E-state index contributed by atoms with van der Waals surface area (Å²) in [7, 11) is 0. The van der Waals surface area contributed by atoms with Crippen LogP contribution in [0.5, 0.6) is 0 Å². The number of nitrogens with one attached hydrogen (secondary N) is 1. The van der Waals surface area contributed by atoms with Crippen LogP contribution in [0.2, 0.25) is 0 Å². The van der Waals surface area contributed by atoms with Crippen LogP contribution in [0.25, 0.3) is 0 Å². The monoisotopic (exact) mass is 344 g/mol. The van der Waals surface area contributed by atoms with Gasteiger partial charge in [0.1, 0.15) is 10.7 Å². The molecular weight excluding hydrogens is 329 g/mol. The molecule has 0 aromatic carbocycles. The number of unbranched alkanes of at least 4 members (excludes halogenated alkanes) is 2. The van der Waals surface area contributed by atoms with Crippen LogP contribution < -0.4 is 5.32 Å². The van der Waals surface area contributed by atoms with E-state index in [9.17, 15) is 18.0 Å². The lowest BCUT2D eigenvalue weighted by atomic mass is 10.2. The number of hydrogen-bond donors (Lipinski definition) is 1. The first-order valence-electron chi connectivity index (χ1n) is 7.07. The molecule has 1 amide bonds. The molecule has 0 aliphatic heterocycles. The third-order valence-electron chi connectivity index (χ3n) is 3.00. The number of aromatic nitrogens is 3. The van der Waals surface area contributed by atoms with Gasteiger partial charge in [0.25, 0.3) is 5.91 Å². The standard InChI is InChI=1S/C14H15F3N4OS/c1-2-3-4-5-11-20-21-13(23-11)19-12(22)9-6-7-10(18-8-9)14(15,16)17/h6-8H,2-5H2,1H3,(H,19,21,22). The summed E-state index contributed by atoms with van der Waals surface area (Å²) in [5, 5.41) is 11.5. The molecule has 2 rings (SSSR count). The van der Waals surface area contributed by atoms with E-state index in [2.05, 4.69) is 27.4 Å². The van der Waals surface area contributed by atoms with E-state index in [1.165, 1.54) is 11.3 Å². The van der Waals surface area contributed by atoms with Crippen molar-refractivity contribution in [2.24, 2.45) is 0 Å². The van der Waals surface area contributed by atoms with Gasteiger partial charge in [-0.1, -0.05) is 31.1 Å². The van der Waals surface area contributed by atoms with Gasteiger partial charge in [-0.3, -0.25) is 15.1 Å². The molecule has 2 heterocycles. The van der Waals surface area contributed by atoms with Crippen molar-refractivity contribution in [3.05, 3.63) is 34.6 Å². The lowest BCUT2D eigenvalue weighted by molar-refractivity contribution is -0.141. The van der Waals surface area contributed by atoms with Crippen molar-refractivity contribution in [1.29, 1.82) is 0 Å². The van der Waals surface area contributed by atoms with Gasteiger partial charge in [-0.15, -0.1) is 10.2 Å². The Morgan fingerprint density at radius 1 is 1.26 bits per heavy atom. The fourth-order valence-corrected chi connectivity index (χ4v) is 2.57. The highest BCUT2D eigenvalue weighted by atomic mass is 32.1. The normalized spacial score (nSPS) is 11.5. The summed E-state index contributed by atoms with van der Waals surface area (Å²) < 4.78 is 37.3. The zero-order valence-electron chi connectivity index (χ0n) is 12.4. The molecule has 2 aromatic heterocycles. The summed E-state index contributed by atoms with van der Waals surface area (Å²) in [6, 6.07) is 1.85. The molecule has 0 spiro atoms. The molecule has 1 N–H and O–H groups in total. The second-order valence-electron chi connectivity index (χ2n) is 4.84. The van der Waals surface area contributed by atoms with Gasteiger partial charge in [0.05, 0.1) is 5.56 Å². The molecule has 0 radical (unpaired) electrons. The number of nitrogens with zero attached hydrogens (tertiary/aromatic N) is 3. The van der Waals surface area contributed by atoms with E-state index >= 15 is 0 Å². The van der Waals surface area contributed by atoms with Gasteiger partial charge in [-0.2, -0.15) is 13.2 Å². The van der Waals surface area contributed by atoms with Gasteiger partial charge in [-0.05, 0) is 18.6 Å². The maximum atomic E-state index is 12.4. The molecule has 124 valence electrons. The molecule has 5 nitrogen and oxygen atoms in total. The average Bonchev–Trinajstić information content (AvgIpc) is 2.94. The SMILES string of the molecule is CCCCCc1nnc(NC(=O)c2ccc(C(F)(F)F)nc2)s1. The first-order valence-corrected chi connectivity index (χ1v) is 7.88. The summed E-state index contributed by atoms with van der Waals surface area (Å²) in [6.07, 6.45) is 0.357. The van der Waals surface area contributed by atoms with Crippen molar-refractivity contribution < 1.29 is 18.0 Å². The van der Waals surface area contributed by atoms with E-state index in [0.717, 1.165) is 49.0 Å². The summed E-state index contributed by atoms with van der Waals surface area (Å²) in [4.78, 5) is 15.2. The summed E-state index contributed by atoms with van der Waals surface area (Å²) in [5.74, 6) is -0.567. The minimum Gasteiger partial charge on any atom is -0.296 e. The quantitative estimate of drug-likeness (QED) is 0.806. The van der Waals surface area contributed by atoms with Crippen LogP contribution in [-0.4, -0.2) is 21.1 Å². The van der Waals surface area contributed by atoms with Crippen LogP contribution in [-0.2, 0) is 12.6 Å². The van der Waals surface area contributed by atoms with Crippen molar-refractivity contribution in [1.82, 2.24) is 15.2 Å². The number of hydrogen-bond acceptors (Lipinski definition) is 5. The number of pyridine rings is 1. The fourth-order valence-electron chi connectivity index (χ4n) is 1.80. The highest BCUT2D eigenvalue weighted by Crippen LogP contribution is 2.27. The van der Waals surface area contributed by atoms with Crippen molar-refractivity contribution in [2.75, 3.05) is 5.32 Å². The molecular formula is C14H15F3N4OS. The molecule has 0 saturated carbocycles. The number of alkyl halides is 3. The Morgan fingerprint density at radius 2 is 2.04 bits per heavy atom. The summed E-state index contributed by atoms with van der Waals surface area (Å²) >= 11 is 1.26. The number of aryl methyl sites for hydroxylation is 1. The molecule has 9 heteroatoms. The van der Waals surface area contributed by atoms with Gasteiger partial charge >= 0.3 is 6.18 Å². The van der Waals surface area contributed by atoms with E-state index in [4.69, 9.17) is 0 Å². The predicted molar refractivity (Wildman–Crippen MR) is 80.3 cm³/mol. The van der Waals surface area contributed by atoms with Crippen LogP contribution in [0.1, 0.15) is 47.2 Å². The lowest BCUT2D eigenvalue weighted by Gasteiger charge is -2.06. The van der Waals surface area contributed by atoms with Crippen LogP contribution in [0.3, 0.4) is 0 Å². The topological polar surface area (TPSA) is 67.8 Å². The van der Waals surface area contributed by atoms with E-state index < -0.39 is 17.8 Å². The second-order valence-corrected chi connectivity index (χ2v) is 5.90. The molecule has 0 aliphatic rings. The first kappa shape index (κ1) is 17.3. The predicted octanol–water partition coefficient (Wildman–Crippen LogP) is 3.94. The number of anilines is 1. The van der Waals surface area contributed by atoms with Crippen molar-refractivity contribution in [3.63, 3.8) is 0 Å². The molecule has 0 aliphatic carbocycles. The van der Waals surface area contributed by atoms with Gasteiger partial charge < -0.3 is 0 Å². The Kier molecular flexibility index (Phi) is 5.64. The Hall–Kier alpha value is -2.03. The molecule has 0 bridgehead atoms. The Morgan fingerprint density at radius 3 is 2.65 bits per heavy atom. The maximum Gasteiger partial charge on any atom is 0.433 e. The Bertz CT molecular complexity index is 655. The number of halogens is 3. The van der Waals surface area contributed by atoms with E-state index in [1.807, 2.05) is 0 Å². The van der Waals surface area contributed by atoms with Gasteiger partial charge in [0, 0.05) is 12.6 Å². The van der Waals surface area contributed by atoms with Crippen molar-refractivity contribution in [2.45, 2.75) is 38.8 Å². The molecule has 0 atom stereocenters. The third-order valence-corrected chi connectivity index (χ3v) is 3.90. The fraction of sp³-hybridized carbons (Fsp3) is 0.429. The lowest BCUT2D eigenvalue weighted by Crippen LogP contribution is -2.14. The van der Waals surface area contributed by atoms with E-state index in [0.29, 0.717) is 5.13 Å².